The van der Waals surface area contributed by atoms with Crippen molar-refractivity contribution in [2.45, 2.75) is 96.4 Å². The fourth-order valence-corrected chi connectivity index (χ4v) is 6.77. The maximum absolute atomic E-state index is 14.3. The Morgan fingerprint density at radius 1 is 1.14 bits per heavy atom. The van der Waals surface area contributed by atoms with Crippen molar-refractivity contribution in [2.24, 2.45) is 5.92 Å². The normalized spacial score (nSPS) is 18.9. The third-order valence-corrected chi connectivity index (χ3v) is 9.34. The Labute approximate surface area is 259 Å². The fraction of sp³-hybridized carbons (Fsp3) is 0.576. The summed E-state index contributed by atoms with van der Waals surface area (Å²) in [6.07, 6.45) is 6.06. The second-order valence-electron chi connectivity index (χ2n) is 12.6. The molecule has 0 radical (unpaired) electrons. The molecule has 9 nitrogen and oxygen atoms in total. The number of carbonyl (C=O) groups is 3. The smallest absolute Gasteiger partial charge is 0.410 e. The van der Waals surface area contributed by atoms with E-state index in [0.29, 0.717) is 6.54 Å². The molecule has 10 heteroatoms. The van der Waals surface area contributed by atoms with Crippen LogP contribution in [0.5, 0.6) is 5.75 Å². The monoisotopic (exact) mass is 610 g/mol. The van der Waals surface area contributed by atoms with Crippen molar-refractivity contribution in [2.75, 3.05) is 20.7 Å². The molecule has 2 aliphatic rings. The van der Waals surface area contributed by atoms with Crippen LogP contribution >= 0.6 is 11.3 Å². The molecular weight excluding hydrogens is 564 g/mol. The number of amides is 3. The molecule has 3 amide bonds. The van der Waals surface area contributed by atoms with Gasteiger partial charge < -0.3 is 19.7 Å². The highest BCUT2D eigenvalue weighted by atomic mass is 32.1. The quantitative estimate of drug-likeness (QED) is 0.363. The van der Waals surface area contributed by atoms with Gasteiger partial charge >= 0.3 is 6.09 Å². The molecule has 1 aromatic carbocycles. The van der Waals surface area contributed by atoms with E-state index in [1.807, 2.05) is 34.5 Å². The Morgan fingerprint density at radius 3 is 2.53 bits per heavy atom. The van der Waals surface area contributed by atoms with Crippen LogP contribution < -0.4 is 10.1 Å². The first kappa shape index (κ1) is 32.5. The van der Waals surface area contributed by atoms with E-state index in [9.17, 15) is 14.4 Å². The Morgan fingerprint density at radius 2 is 1.86 bits per heavy atom. The van der Waals surface area contributed by atoms with E-state index in [0.717, 1.165) is 72.5 Å². The van der Waals surface area contributed by atoms with Crippen molar-refractivity contribution in [3.8, 4) is 5.75 Å². The lowest BCUT2D eigenvalue weighted by atomic mass is 9.83. The summed E-state index contributed by atoms with van der Waals surface area (Å²) in [5.41, 5.74) is 1.83. The number of benzene rings is 1. The van der Waals surface area contributed by atoms with E-state index in [4.69, 9.17) is 14.5 Å². The molecule has 1 N–H and O–H groups in total. The van der Waals surface area contributed by atoms with Crippen molar-refractivity contribution < 1.29 is 23.9 Å². The number of hydrogen-bond donors (Lipinski definition) is 1. The molecule has 1 saturated carbocycles. The Hall–Kier alpha value is -3.40. The average Bonchev–Trinajstić information content (AvgIpc) is 3.68. The van der Waals surface area contributed by atoms with Crippen LogP contribution in [0.25, 0.3) is 5.57 Å². The number of methoxy groups -OCH3 is 1. The standard InChI is InChI=1S/C33H46N4O5S/c1-21(24-15-11-16-25(19-24)41-7)26-20-43-30(34-26)27-17-12-18-37(27)31(39)28(23-13-9-8-10-14-23)35-29(38)22(2)36(6)32(40)42-33(3,4)5/h11,15-16,19-20,22-23,27-28H,1,8-10,12-14,17-18H2,2-7H3,(H,35,38)/t22-,27-,28-/m0/s1. The number of thiazole rings is 1. The number of nitrogens with one attached hydrogen (secondary N) is 1. The van der Waals surface area contributed by atoms with E-state index >= 15 is 0 Å². The van der Waals surface area contributed by atoms with Crippen LogP contribution in [0.3, 0.4) is 0 Å². The number of likely N-dealkylation sites (N-methyl/N-ethyl adjacent to an activating group) is 1. The minimum Gasteiger partial charge on any atom is -0.497 e. The van der Waals surface area contributed by atoms with Crippen molar-refractivity contribution in [1.29, 1.82) is 0 Å². The highest BCUT2D eigenvalue weighted by molar-refractivity contribution is 7.09. The predicted molar refractivity (Wildman–Crippen MR) is 169 cm³/mol. The summed E-state index contributed by atoms with van der Waals surface area (Å²) in [5.74, 6) is 0.367. The van der Waals surface area contributed by atoms with E-state index in [1.54, 1.807) is 41.9 Å². The predicted octanol–water partition coefficient (Wildman–Crippen LogP) is 6.20. The topological polar surface area (TPSA) is 101 Å². The fourth-order valence-electron chi connectivity index (χ4n) is 5.79. The summed E-state index contributed by atoms with van der Waals surface area (Å²) in [4.78, 5) is 48.5. The highest BCUT2D eigenvalue weighted by Gasteiger charge is 2.40. The summed E-state index contributed by atoms with van der Waals surface area (Å²) in [5, 5.41) is 5.93. The lowest BCUT2D eigenvalue weighted by molar-refractivity contribution is -0.140. The number of ether oxygens (including phenoxy) is 2. The molecule has 234 valence electrons. The number of carbonyl (C=O) groups excluding carboxylic acids is 3. The molecule has 1 aromatic heterocycles. The number of aromatic nitrogens is 1. The van der Waals surface area contributed by atoms with Crippen LogP contribution in [0.15, 0.2) is 36.2 Å². The molecule has 4 rings (SSSR count). The molecule has 1 aliphatic heterocycles. The van der Waals surface area contributed by atoms with Gasteiger partial charge in [-0.3, -0.25) is 14.5 Å². The third kappa shape index (κ3) is 7.96. The first-order valence-electron chi connectivity index (χ1n) is 15.3. The Kier molecular flexibility index (Phi) is 10.5. The minimum absolute atomic E-state index is 0.0465. The zero-order valence-electron chi connectivity index (χ0n) is 26.4. The van der Waals surface area contributed by atoms with Crippen LogP contribution in [0.4, 0.5) is 4.79 Å². The van der Waals surface area contributed by atoms with E-state index in [1.165, 1.54) is 16.2 Å². The molecule has 3 atom stereocenters. The van der Waals surface area contributed by atoms with Crippen LogP contribution in [-0.4, -0.2) is 71.1 Å². The van der Waals surface area contributed by atoms with Gasteiger partial charge in [-0.2, -0.15) is 0 Å². The average molecular weight is 611 g/mol. The third-order valence-electron chi connectivity index (χ3n) is 8.40. The van der Waals surface area contributed by atoms with Crippen molar-refractivity contribution in [3.05, 3.63) is 52.5 Å². The van der Waals surface area contributed by atoms with Crippen molar-refractivity contribution in [3.63, 3.8) is 0 Å². The summed E-state index contributed by atoms with van der Waals surface area (Å²) in [6.45, 7) is 11.9. The number of rotatable bonds is 9. The highest BCUT2D eigenvalue weighted by Crippen LogP contribution is 2.37. The largest absolute Gasteiger partial charge is 0.497 e. The number of nitrogens with zero attached hydrogens (tertiary/aromatic N) is 3. The Balaban J connectivity index is 1.51. The molecule has 1 aliphatic carbocycles. The van der Waals surface area contributed by atoms with Gasteiger partial charge in [-0.15, -0.1) is 11.3 Å². The van der Waals surface area contributed by atoms with Gasteiger partial charge in [0.2, 0.25) is 11.8 Å². The summed E-state index contributed by atoms with van der Waals surface area (Å²) < 4.78 is 10.8. The van der Waals surface area contributed by atoms with Crippen molar-refractivity contribution in [1.82, 2.24) is 20.1 Å². The van der Waals surface area contributed by atoms with Gasteiger partial charge in [-0.25, -0.2) is 9.78 Å². The van der Waals surface area contributed by atoms with E-state index < -0.39 is 23.8 Å². The van der Waals surface area contributed by atoms with Crippen LogP contribution in [0.1, 0.15) is 94.9 Å². The second-order valence-corrected chi connectivity index (χ2v) is 13.5. The zero-order valence-corrected chi connectivity index (χ0v) is 27.2. The molecule has 2 aromatic rings. The first-order valence-corrected chi connectivity index (χ1v) is 16.1. The second kappa shape index (κ2) is 13.9. The lowest BCUT2D eigenvalue weighted by Crippen LogP contribution is -2.56. The van der Waals surface area contributed by atoms with Gasteiger partial charge in [-0.05, 0) is 77.0 Å². The molecular formula is C33H46N4O5S. The van der Waals surface area contributed by atoms with Gasteiger partial charge in [0.1, 0.15) is 28.4 Å². The molecule has 2 fully saturated rings. The van der Waals surface area contributed by atoms with Gasteiger partial charge in [-0.1, -0.05) is 38.0 Å². The van der Waals surface area contributed by atoms with Crippen LogP contribution in [0, 0.1) is 5.92 Å². The molecule has 0 bridgehead atoms. The van der Waals surface area contributed by atoms with Gasteiger partial charge in [0.05, 0.1) is 18.8 Å². The zero-order chi connectivity index (χ0) is 31.3. The SMILES string of the molecule is C=C(c1cccc(OC)c1)c1csc([C@@H]2CCCN2C(=O)[C@@H](NC(=O)[C@H](C)N(C)C(=O)OC(C)(C)C)C2CCCCC2)n1. The number of likely N-dealkylation sites (tertiary alicyclic amines) is 1. The Bertz CT molecular complexity index is 1310. The molecule has 0 spiro atoms. The summed E-state index contributed by atoms with van der Waals surface area (Å²) in [7, 11) is 3.18. The maximum atomic E-state index is 14.3. The van der Waals surface area contributed by atoms with Crippen LogP contribution in [-0.2, 0) is 14.3 Å². The van der Waals surface area contributed by atoms with E-state index in [2.05, 4.69) is 11.9 Å². The maximum Gasteiger partial charge on any atom is 0.410 e. The summed E-state index contributed by atoms with van der Waals surface area (Å²) in [6, 6.07) is 6.12. The van der Waals surface area contributed by atoms with Crippen molar-refractivity contribution >= 4 is 34.8 Å². The van der Waals surface area contributed by atoms with Gasteiger partial charge in [0.25, 0.3) is 0 Å². The first-order chi connectivity index (χ1) is 20.4. The molecule has 2 heterocycles. The van der Waals surface area contributed by atoms with Gasteiger partial charge in [0, 0.05) is 24.5 Å². The molecule has 1 saturated heterocycles. The van der Waals surface area contributed by atoms with Gasteiger partial charge in [0.15, 0.2) is 0 Å². The molecule has 0 unspecified atom stereocenters. The minimum atomic E-state index is -0.799. The molecule has 43 heavy (non-hydrogen) atoms. The van der Waals surface area contributed by atoms with E-state index in [-0.39, 0.29) is 23.8 Å². The van der Waals surface area contributed by atoms with Crippen LogP contribution in [0.2, 0.25) is 0 Å². The number of hydrogen-bond acceptors (Lipinski definition) is 7. The lowest BCUT2D eigenvalue weighted by Gasteiger charge is -2.36. The summed E-state index contributed by atoms with van der Waals surface area (Å²) >= 11 is 1.54.